The Hall–Kier alpha value is -1.54. The van der Waals surface area contributed by atoms with Crippen LogP contribution in [0.3, 0.4) is 0 Å². The van der Waals surface area contributed by atoms with Crippen LogP contribution in [0.15, 0.2) is 27.8 Å². The van der Waals surface area contributed by atoms with Crippen molar-refractivity contribution in [1.29, 1.82) is 0 Å². The molecule has 25 heavy (non-hydrogen) atoms. The van der Waals surface area contributed by atoms with E-state index in [0.29, 0.717) is 36.3 Å². The zero-order valence-electron chi connectivity index (χ0n) is 14.4. The van der Waals surface area contributed by atoms with E-state index in [4.69, 9.17) is 9.15 Å². The monoisotopic (exact) mass is 382 g/mol. The van der Waals surface area contributed by atoms with E-state index in [-0.39, 0.29) is 17.4 Å². The van der Waals surface area contributed by atoms with Crippen LogP contribution < -0.4 is 4.74 Å². The summed E-state index contributed by atoms with van der Waals surface area (Å²) in [5.74, 6) is 2.67. The third-order valence-corrected chi connectivity index (χ3v) is 6.63. The molecule has 1 saturated heterocycles. The molecule has 0 bridgehead atoms. The molecule has 0 radical (unpaired) electrons. The number of aryl methyl sites for hydroxylation is 2. The van der Waals surface area contributed by atoms with Gasteiger partial charge in [0.05, 0.1) is 18.1 Å². The summed E-state index contributed by atoms with van der Waals surface area (Å²) in [7, 11) is -2.87. The quantitative estimate of drug-likeness (QED) is 0.538. The van der Waals surface area contributed by atoms with Gasteiger partial charge in [0.25, 0.3) is 5.22 Å². The Morgan fingerprint density at radius 3 is 2.68 bits per heavy atom. The standard InChI is InChI=1S/C17H22N2O4S2/c1-12-7-13(2)9-15(8-12)22-4-5-24-17-19-18-16(23-17)10-14-3-6-25(20,21)11-14/h7-9,14H,3-6,10-11H2,1-2H3/t14-/m0/s1. The van der Waals surface area contributed by atoms with Crippen molar-refractivity contribution in [2.45, 2.75) is 31.9 Å². The summed E-state index contributed by atoms with van der Waals surface area (Å²) in [4.78, 5) is 0. The van der Waals surface area contributed by atoms with Crippen molar-refractivity contribution in [3.63, 3.8) is 0 Å². The average Bonchev–Trinajstić information content (AvgIpc) is 3.09. The van der Waals surface area contributed by atoms with Gasteiger partial charge >= 0.3 is 0 Å². The van der Waals surface area contributed by atoms with Crippen LogP contribution in [0.2, 0.25) is 0 Å². The summed E-state index contributed by atoms with van der Waals surface area (Å²) in [6.45, 7) is 4.64. The molecule has 0 unspecified atom stereocenters. The molecule has 0 spiro atoms. The fourth-order valence-corrected chi connectivity index (χ4v) is 5.42. The summed E-state index contributed by atoms with van der Waals surface area (Å²) in [6.07, 6.45) is 1.21. The smallest absolute Gasteiger partial charge is 0.276 e. The van der Waals surface area contributed by atoms with Crippen LogP contribution >= 0.6 is 11.8 Å². The van der Waals surface area contributed by atoms with Gasteiger partial charge in [-0.15, -0.1) is 10.2 Å². The number of ether oxygens (including phenoxy) is 1. The Kier molecular flexibility index (Phi) is 5.68. The van der Waals surface area contributed by atoms with E-state index >= 15 is 0 Å². The van der Waals surface area contributed by atoms with E-state index < -0.39 is 9.84 Å². The van der Waals surface area contributed by atoms with Crippen LogP contribution in [0.1, 0.15) is 23.4 Å². The Morgan fingerprint density at radius 1 is 1.24 bits per heavy atom. The van der Waals surface area contributed by atoms with E-state index in [1.807, 2.05) is 26.0 Å². The van der Waals surface area contributed by atoms with Gasteiger partial charge in [-0.2, -0.15) is 0 Å². The number of rotatable bonds is 7. The van der Waals surface area contributed by atoms with Gasteiger partial charge in [-0.25, -0.2) is 8.42 Å². The second-order valence-corrected chi connectivity index (χ2v) is 9.73. The lowest BCUT2D eigenvalue weighted by atomic mass is 10.1. The lowest BCUT2D eigenvalue weighted by Crippen LogP contribution is -2.07. The van der Waals surface area contributed by atoms with Gasteiger partial charge in [-0.05, 0) is 49.4 Å². The first-order valence-corrected chi connectivity index (χ1v) is 11.1. The highest BCUT2D eigenvalue weighted by Crippen LogP contribution is 2.24. The molecule has 0 N–H and O–H groups in total. The molecule has 2 heterocycles. The number of nitrogens with zero attached hydrogens (tertiary/aromatic N) is 2. The van der Waals surface area contributed by atoms with E-state index in [1.165, 1.54) is 22.9 Å². The molecule has 1 aliphatic heterocycles. The van der Waals surface area contributed by atoms with Crippen LogP contribution in [0.25, 0.3) is 0 Å². The van der Waals surface area contributed by atoms with Crippen molar-refractivity contribution >= 4 is 21.6 Å². The maximum atomic E-state index is 11.5. The van der Waals surface area contributed by atoms with Gasteiger partial charge in [-0.1, -0.05) is 17.8 Å². The summed E-state index contributed by atoms with van der Waals surface area (Å²) < 4.78 is 34.3. The Bertz CT molecular complexity index is 813. The molecule has 2 aromatic rings. The first kappa shape index (κ1) is 18.3. The number of aromatic nitrogens is 2. The van der Waals surface area contributed by atoms with Crippen LogP contribution in [-0.4, -0.2) is 42.5 Å². The second kappa shape index (κ2) is 7.78. The molecule has 3 rings (SSSR count). The van der Waals surface area contributed by atoms with Crippen LogP contribution in [0.4, 0.5) is 0 Å². The molecule has 1 aliphatic rings. The third-order valence-electron chi connectivity index (χ3n) is 4.01. The van der Waals surface area contributed by atoms with E-state index in [1.54, 1.807) is 0 Å². The molecule has 6 nitrogen and oxygen atoms in total. The molecule has 0 amide bonds. The van der Waals surface area contributed by atoms with Crippen LogP contribution in [-0.2, 0) is 16.3 Å². The van der Waals surface area contributed by atoms with E-state index in [0.717, 1.165) is 5.75 Å². The van der Waals surface area contributed by atoms with Gasteiger partial charge in [0.1, 0.15) is 5.75 Å². The normalized spacial score (nSPS) is 19.2. The molecule has 1 aromatic heterocycles. The molecule has 1 aromatic carbocycles. The maximum absolute atomic E-state index is 11.5. The summed E-state index contributed by atoms with van der Waals surface area (Å²) in [5, 5.41) is 8.52. The first-order chi connectivity index (χ1) is 11.9. The van der Waals surface area contributed by atoms with Crippen LogP contribution in [0.5, 0.6) is 5.75 Å². The first-order valence-electron chi connectivity index (χ1n) is 8.26. The topological polar surface area (TPSA) is 82.3 Å². The summed E-state index contributed by atoms with van der Waals surface area (Å²) in [6, 6.07) is 6.13. The number of benzene rings is 1. The highest BCUT2D eigenvalue weighted by Gasteiger charge is 2.29. The van der Waals surface area contributed by atoms with Gasteiger partial charge in [0.15, 0.2) is 9.84 Å². The van der Waals surface area contributed by atoms with Gasteiger partial charge < -0.3 is 9.15 Å². The molecule has 136 valence electrons. The minimum absolute atomic E-state index is 0.0937. The van der Waals surface area contributed by atoms with Gasteiger partial charge in [0.2, 0.25) is 5.89 Å². The molecular formula is C17H22N2O4S2. The number of hydrogen-bond donors (Lipinski definition) is 0. The second-order valence-electron chi connectivity index (χ2n) is 6.46. The zero-order chi connectivity index (χ0) is 17.9. The van der Waals surface area contributed by atoms with Crippen molar-refractivity contribution < 1.29 is 17.6 Å². The van der Waals surface area contributed by atoms with Crippen molar-refractivity contribution in [1.82, 2.24) is 10.2 Å². The van der Waals surface area contributed by atoms with E-state index in [2.05, 4.69) is 16.3 Å². The fraction of sp³-hybridized carbons (Fsp3) is 0.529. The van der Waals surface area contributed by atoms with Crippen molar-refractivity contribution in [2.24, 2.45) is 5.92 Å². The molecule has 0 saturated carbocycles. The Morgan fingerprint density at radius 2 is 2.00 bits per heavy atom. The largest absolute Gasteiger partial charge is 0.493 e. The van der Waals surface area contributed by atoms with Gasteiger partial charge in [0, 0.05) is 12.2 Å². The number of hydrogen-bond acceptors (Lipinski definition) is 7. The summed E-state index contributed by atoms with van der Waals surface area (Å²) in [5.41, 5.74) is 2.36. The van der Waals surface area contributed by atoms with Crippen molar-refractivity contribution in [3.05, 3.63) is 35.2 Å². The van der Waals surface area contributed by atoms with Crippen molar-refractivity contribution in [3.8, 4) is 5.75 Å². The predicted molar refractivity (Wildman–Crippen MR) is 96.9 cm³/mol. The fourth-order valence-electron chi connectivity index (χ4n) is 2.96. The minimum atomic E-state index is -2.87. The third kappa shape index (κ3) is 5.47. The summed E-state index contributed by atoms with van der Waals surface area (Å²) >= 11 is 1.44. The number of sulfone groups is 1. The maximum Gasteiger partial charge on any atom is 0.276 e. The zero-order valence-corrected chi connectivity index (χ0v) is 16.0. The minimum Gasteiger partial charge on any atom is -0.493 e. The predicted octanol–water partition coefficient (Wildman–Crippen LogP) is 2.83. The number of thioether (sulfide) groups is 1. The van der Waals surface area contributed by atoms with Crippen LogP contribution in [0, 0.1) is 19.8 Å². The lowest BCUT2D eigenvalue weighted by Gasteiger charge is -2.07. The SMILES string of the molecule is Cc1cc(C)cc(OCCSc2nnc(C[C@@H]3CCS(=O)(=O)C3)o2)c1. The molecule has 1 fully saturated rings. The Labute approximate surface area is 152 Å². The highest BCUT2D eigenvalue weighted by molar-refractivity contribution is 7.99. The Balaban J connectivity index is 1.43. The van der Waals surface area contributed by atoms with E-state index in [9.17, 15) is 8.42 Å². The average molecular weight is 383 g/mol. The molecular weight excluding hydrogens is 360 g/mol. The highest BCUT2D eigenvalue weighted by atomic mass is 32.2. The molecule has 8 heteroatoms. The molecule has 0 aliphatic carbocycles. The van der Waals surface area contributed by atoms with Gasteiger partial charge in [-0.3, -0.25) is 0 Å². The van der Waals surface area contributed by atoms with Crippen molar-refractivity contribution in [2.75, 3.05) is 23.9 Å². The lowest BCUT2D eigenvalue weighted by molar-refractivity contribution is 0.342. The molecule has 1 atom stereocenters.